The number of hydrogen-bond acceptors (Lipinski definition) is 4. The molecule has 2 aromatic carbocycles. The van der Waals surface area contributed by atoms with E-state index in [0.29, 0.717) is 21.6 Å². The highest BCUT2D eigenvalue weighted by Crippen LogP contribution is 2.37. The second kappa shape index (κ2) is 6.00. The zero-order valence-electron chi connectivity index (χ0n) is 14.4. The fourth-order valence-electron chi connectivity index (χ4n) is 3.63. The number of carbonyl (C=O) groups is 1. The number of aromatic nitrogens is 2. The Balaban J connectivity index is 1.89. The van der Waals surface area contributed by atoms with Crippen molar-refractivity contribution in [2.45, 2.75) is 13.3 Å². The average molecular weight is 440 g/mol. The monoisotopic (exact) mass is 439 g/mol. The zero-order valence-corrected chi connectivity index (χ0v) is 16.8. The molecule has 0 saturated heterocycles. The lowest BCUT2D eigenvalue weighted by molar-refractivity contribution is -0.113. The van der Waals surface area contributed by atoms with Gasteiger partial charge < -0.3 is 4.90 Å². The average Bonchev–Trinajstić information content (AvgIpc) is 3.25. The summed E-state index contributed by atoms with van der Waals surface area (Å²) in [5.74, 6) is -0.115. The largest absolute Gasteiger partial charge is 0.308 e. The van der Waals surface area contributed by atoms with Gasteiger partial charge in [0.2, 0.25) is 0 Å². The van der Waals surface area contributed by atoms with E-state index in [1.54, 1.807) is 9.30 Å². The van der Waals surface area contributed by atoms with Crippen molar-refractivity contribution in [2.75, 3.05) is 11.4 Å². The van der Waals surface area contributed by atoms with Crippen LogP contribution in [0.15, 0.2) is 51.7 Å². The molecule has 2 aromatic heterocycles. The minimum absolute atomic E-state index is 0.115. The number of amides is 1. The predicted molar refractivity (Wildman–Crippen MR) is 111 cm³/mol. The molecule has 0 bridgehead atoms. The Morgan fingerprint density at radius 3 is 2.78 bits per heavy atom. The first-order valence-electron chi connectivity index (χ1n) is 8.66. The molecule has 1 amide bonds. The van der Waals surface area contributed by atoms with Crippen LogP contribution in [0.1, 0.15) is 18.9 Å². The maximum atomic E-state index is 13.2. The van der Waals surface area contributed by atoms with Gasteiger partial charge in [-0.1, -0.05) is 46.3 Å². The third kappa shape index (κ3) is 2.31. The van der Waals surface area contributed by atoms with E-state index in [0.717, 1.165) is 33.2 Å². The number of imidazole rings is 1. The Hall–Kier alpha value is -2.51. The van der Waals surface area contributed by atoms with E-state index < -0.39 is 0 Å². The quantitative estimate of drug-likeness (QED) is 0.481. The number of fused-ring (bicyclic) bond motifs is 4. The van der Waals surface area contributed by atoms with Gasteiger partial charge in [-0.3, -0.25) is 9.59 Å². The van der Waals surface area contributed by atoms with Crippen molar-refractivity contribution < 1.29 is 4.79 Å². The van der Waals surface area contributed by atoms with Crippen LogP contribution >= 0.6 is 27.3 Å². The molecule has 0 atom stereocenters. The fourth-order valence-corrected chi connectivity index (χ4v) is 5.07. The van der Waals surface area contributed by atoms with Crippen LogP contribution in [0.25, 0.3) is 21.6 Å². The van der Waals surface area contributed by atoms with Gasteiger partial charge in [-0.2, -0.15) is 0 Å². The summed E-state index contributed by atoms with van der Waals surface area (Å²) in [7, 11) is 0. The summed E-state index contributed by atoms with van der Waals surface area (Å²) in [5.41, 5.74) is 3.50. The minimum atomic E-state index is -0.184. The summed E-state index contributed by atoms with van der Waals surface area (Å²) in [5, 5.41) is 0. The van der Waals surface area contributed by atoms with E-state index in [2.05, 4.69) is 20.9 Å². The van der Waals surface area contributed by atoms with Crippen molar-refractivity contribution >= 4 is 60.4 Å². The van der Waals surface area contributed by atoms with Gasteiger partial charge in [0, 0.05) is 16.6 Å². The number of anilines is 1. The molecular weight excluding hydrogens is 426 g/mol. The van der Waals surface area contributed by atoms with Gasteiger partial charge in [-0.15, -0.1) is 0 Å². The summed E-state index contributed by atoms with van der Waals surface area (Å²) < 4.78 is 2.94. The lowest BCUT2D eigenvalue weighted by Crippen LogP contribution is -2.32. The van der Waals surface area contributed by atoms with Crippen molar-refractivity contribution in [3.8, 4) is 0 Å². The first-order valence-corrected chi connectivity index (χ1v) is 10.3. The number of halogens is 1. The molecule has 4 aromatic rings. The molecule has 0 radical (unpaired) electrons. The van der Waals surface area contributed by atoms with Gasteiger partial charge in [0.25, 0.3) is 11.5 Å². The Kier molecular flexibility index (Phi) is 3.70. The van der Waals surface area contributed by atoms with Crippen molar-refractivity contribution in [3.63, 3.8) is 0 Å². The van der Waals surface area contributed by atoms with Gasteiger partial charge in [0.1, 0.15) is 4.53 Å². The molecule has 7 heteroatoms. The molecular formula is C20H14BrN3O2S. The van der Waals surface area contributed by atoms with E-state index in [4.69, 9.17) is 0 Å². The third-order valence-corrected chi connectivity index (χ3v) is 6.31. The highest BCUT2D eigenvalue weighted by molar-refractivity contribution is 9.10. The molecule has 0 unspecified atom stereocenters. The fraction of sp³-hybridized carbons (Fsp3) is 0.150. The van der Waals surface area contributed by atoms with Crippen LogP contribution in [0.4, 0.5) is 5.69 Å². The van der Waals surface area contributed by atoms with E-state index in [-0.39, 0.29) is 11.5 Å². The molecule has 0 aliphatic carbocycles. The van der Waals surface area contributed by atoms with E-state index >= 15 is 0 Å². The summed E-state index contributed by atoms with van der Waals surface area (Å²) in [6.45, 7) is 2.66. The molecule has 5 rings (SSSR count). The number of carbonyl (C=O) groups excluding carboxylic acids is 1. The van der Waals surface area contributed by atoms with Crippen LogP contribution in [0, 0.1) is 0 Å². The number of thiazole rings is 1. The molecule has 1 aliphatic heterocycles. The van der Waals surface area contributed by atoms with Gasteiger partial charge in [0.05, 0.1) is 22.3 Å². The first kappa shape index (κ1) is 16.6. The summed E-state index contributed by atoms with van der Waals surface area (Å²) in [6, 6.07) is 13.3. The summed E-state index contributed by atoms with van der Waals surface area (Å²) in [4.78, 5) is 33.3. The smallest absolute Gasteiger partial charge is 0.275 e. The van der Waals surface area contributed by atoms with Crippen LogP contribution in [0.5, 0.6) is 0 Å². The van der Waals surface area contributed by atoms with Crippen LogP contribution in [0.3, 0.4) is 0 Å². The lowest BCUT2D eigenvalue weighted by atomic mass is 10.1. The topological polar surface area (TPSA) is 54.7 Å². The molecule has 0 fully saturated rings. The molecule has 1 aliphatic rings. The number of benzene rings is 2. The van der Waals surface area contributed by atoms with Crippen molar-refractivity contribution in [2.24, 2.45) is 0 Å². The van der Waals surface area contributed by atoms with E-state index in [9.17, 15) is 9.59 Å². The van der Waals surface area contributed by atoms with Crippen molar-refractivity contribution in [3.05, 3.63) is 67.4 Å². The Morgan fingerprint density at radius 1 is 1.15 bits per heavy atom. The van der Waals surface area contributed by atoms with Crippen LogP contribution in [-0.4, -0.2) is 21.8 Å². The van der Waals surface area contributed by atoms with Gasteiger partial charge in [-0.25, -0.2) is 9.38 Å². The number of nitrogens with zero attached hydrogens (tertiary/aromatic N) is 3. The summed E-state index contributed by atoms with van der Waals surface area (Å²) in [6.07, 6.45) is 0.844. The van der Waals surface area contributed by atoms with E-state index in [1.807, 2.05) is 49.4 Å². The number of para-hydroxylation sites is 2. The van der Waals surface area contributed by atoms with Crippen molar-refractivity contribution in [1.82, 2.24) is 9.38 Å². The minimum Gasteiger partial charge on any atom is -0.308 e. The lowest BCUT2D eigenvalue weighted by Gasteiger charge is -2.15. The molecule has 5 nitrogen and oxygen atoms in total. The third-order valence-electron chi connectivity index (χ3n) is 4.77. The normalized spacial score (nSPS) is 15.9. The van der Waals surface area contributed by atoms with Crippen LogP contribution < -0.4 is 15.0 Å². The van der Waals surface area contributed by atoms with Gasteiger partial charge in [0.15, 0.2) is 4.96 Å². The highest BCUT2D eigenvalue weighted by Gasteiger charge is 2.34. The molecule has 0 saturated carbocycles. The van der Waals surface area contributed by atoms with E-state index in [1.165, 1.54) is 11.3 Å². The first-order chi connectivity index (χ1) is 13.1. The SMILES string of the molecule is CCCN1C(=O)/C(=c2\sc3nc4ccccc4n3c2=O)c2cc(Br)ccc21. The Morgan fingerprint density at radius 2 is 1.96 bits per heavy atom. The zero-order chi connectivity index (χ0) is 18.7. The molecule has 3 heterocycles. The molecule has 0 N–H and O–H groups in total. The highest BCUT2D eigenvalue weighted by atomic mass is 79.9. The maximum absolute atomic E-state index is 13.2. The van der Waals surface area contributed by atoms with Crippen molar-refractivity contribution in [1.29, 1.82) is 0 Å². The molecule has 0 spiro atoms. The standard InChI is InChI=1S/C20H14BrN3O2S/c1-2-9-23-14-8-7-11(21)10-12(14)16(18(23)25)17-19(26)24-15-6-4-3-5-13(15)22-20(24)27-17/h3-8,10H,2,9H2,1H3/b17-16-. The maximum Gasteiger partial charge on any atom is 0.275 e. The predicted octanol–water partition coefficient (Wildman–Crippen LogP) is 3.35. The molecule has 27 heavy (non-hydrogen) atoms. The second-order valence-corrected chi connectivity index (χ2v) is 8.34. The van der Waals surface area contributed by atoms with Gasteiger partial charge in [-0.05, 0) is 36.8 Å². The Bertz CT molecular complexity index is 1360. The second-order valence-electron chi connectivity index (χ2n) is 6.45. The molecule has 134 valence electrons. The number of rotatable bonds is 2. The van der Waals surface area contributed by atoms with Gasteiger partial charge >= 0.3 is 0 Å². The summed E-state index contributed by atoms with van der Waals surface area (Å²) >= 11 is 4.77. The van der Waals surface area contributed by atoms with Crippen LogP contribution in [0.2, 0.25) is 0 Å². The number of hydrogen-bond donors (Lipinski definition) is 0. The Labute approximate surface area is 166 Å². The van der Waals surface area contributed by atoms with Crippen LogP contribution in [-0.2, 0) is 4.79 Å².